The lowest BCUT2D eigenvalue weighted by molar-refractivity contribution is 0.567. The number of aryl methyl sites for hydroxylation is 1. The van der Waals surface area contributed by atoms with Crippen molar-refractivity contribution < 1.29 is 0 Å². The molecular formula is C15H17N3S. The molecule has 3 rings (SSSR count). The Hall–Kier alpha value is -1.81. The molecule has 2 N–H and O–H groups in total. The molecule has 3 aromatic rings. The SMILES string of the molecule is Cc1cccc2c1nc(N)n2C(C)Cc1ccsc1. The Morgan fingerprint density at radius 3 is 2.95 bits per heavy atom. The van der Waals surface area contributed by atoms with E-state index in [4.69, 9.17) is 5.73 Å². The molecule has 1 unspecified atom stereocenters. The highest BCUT2D eigenvalue weighted by atomic mass is 32.1. The Morgan fingerprint density at radius 2 is 2.21 bits per heavy atom. The average molecular weight is 271 g/mol. The van der Waals surface area contributed by atoms with Gasteiger partial charge in [0.15, 0.2) is 0 Å². The highest BCUT2D eigenvalue weighted by Crippen LogP contribution is 2.27. The third-order valence-electron chi connectivity index (χ3n) is 3.50. The molecule has 3 nitrogen and oxygen atoms in total. The van der Waals surface area contributed by atoms with Gasteiger partial charge in [0, 0.05) is 6.04 Å². The molecule has 1 aromatic carbocycles. The molecule has 0 amide bonds. The Bertz CT molecular complexity index is 698. The first-order valence-corrected chi connectivity index (χ1v) is 7.35. The predicted molar refractivity (Wildman–Crippen MR) is 81.6 cm³/mol. The molecule has 19 heavy (non-hydrogen) atoms. The van der Waals surface area contributed by atoms with Crippen LogP contribution in [0.2, 0.25) is 0 Å². The second-order valence-corrected chi connectivity index (χ2v) is 5.75. The summed E-state index contributed by atoms with van der Waals surface area (Å²) >= 11 is 1.73. The third kappa shape index (κ3) is 2.12. The van der Waals surface area contributed by atoms with Crippen LogP contribution >= 0.6 is 11.3 Å². The van der Waals surface area contributed by atoms with Gasteiger partial charge in [0.2, 0.25) is 5.95 Å². The van der Waals surface area contributed by atoms with E-state index in [1.54, 1.807) is 11.3 Å². The fraction of sp³-hybridized carbons (Fsp3) is 0.267. The van der Waals surface area contributed by atoms with Crippen molar-refractivity contribution in [3.8, 4) is 0 Å². The average Bonchev–Trinajstić information content (AvgIpc) is 2.96. The number of nitrogens with zero attached hydrogens (tertiary/aromatic N) is 2. The van der Waals surface area contributed by atoms with Gasteiger partial charge in [-0.3, -0.25) is 0 Å². The van der Waals surface area contributed by atoms with Crippen molar-refractivity contribution in [2.45, 2.75) is 26.3 Å². The molecule has 0 aliphatic carbocycles. The van der Waals surface area contributed by atoms with Gasteiger partial charge in [0.25, 0.3) is 0 Å². The summed E-state index contributed by atoms with van der Waals surface area (Å²) in [6, 6.07) is 8.70. The van der Waals surface area contributed by atoms with Gasteiger partial charge in [-0.05, 0) is 54.3 Å². The first kappa shape index (κ1) is 12.2. The second-order valence-electron chi connectivity index (χ2n) is 4.97. The molecule has 1 atom stereocenters. The Kier molecular flexibility index (Phi) is 3.03. The standard InChI is InChI=1S/C15H17N3S/c1-10-4-3-5-13-14(10)17-15(16)18(13)11(2)8-12-6-7-19-9-12/h3-7,9,11H,8H2,1-2H3,(H2,16,17). The lowest BCUT2D eigenvalue weighted by Gasteiger charge is -2.15. The highest BCUT2D eigenvalue weighted by Gasteiger charge is 2.15. The lowest BCUT2D eigenvalue weighted by Crippen LogP contribution is -2.11. The van der Waals surface area contributed by atoms with Crippen LogP contribution in [-0.2, 0) is 6.42 Å². The van der Waals surface area contributed by atoms with Crippen LogP contribution in [0.3, 0.4) is 0 Å². The number of hydrogen-bond acceptors (Lipinski definition) is 3. The summed E-state index contributed by atoms with van der Waals surface area (Å²) in [6.45, 7) is 4.26. The van der Waals surface area contributed by atoms with E-state index in [2.05, 4.69) is 58.4 Å². The van der Waals surface area contributed by atoms with E-state index < -0.39 is 0 Å². The molecule has 0 saturated carbocycles. The number of benzene rings is 1. The van der Waals surface area contributed by atoms with Crippen LogP contribution in [0.4, 0.5) is 5.95 Å². The van der Waals surface area contributed by atoms with E-state index in [-0.39, 0.29) is 0 Å². The van der Waals surface area contributed by atoms with E-state index in [0.717, 1.165) is 17.5 Å². The Balaban J connectivity index is 2.04. The van der Waals surface area contributed by atoms with Gasteiger partial charge >= 0.3 is 0 Å². The van der Waals surface area contributed by atoms with Gasteiger partial charge in [0.1, 0.15) is 0 Å². The fourth-order valence-corrected chi connectivity index (χ4v) is 3.26. The van der Waals surface area contributed by atoms with Crippen LogP contribution in [0.15, 0.2) is 35.0 Å². The molecule has 2 heterocycles. The van der Waals surface area contributed by atoms with E-state index >= 15 is 0 Å². The minimum atomic E-state index is 0.307. The zero-order valence-corrected chi connectivity index (χ0v) is 11.9. The first-order valence-electron chi connectivity index (χ1n) is 6.41. The van der Waals surface area contributed by atoms with E-state index in [9.17, 15) is 0 Å². The molecule has 98 valence electrons. The normalized spacial score (nSPS) is 12.9. The minimum Gasteiger partial charge on any atom is -0.369 e. The second kappa shape index (κ2) is 4.70. The molecule has 0 aliphatic heterocycles. The van der Waals surface area contributed by atoms with Crippen LogP contribution in [0.5, 0.6) is 0 Å². The van der Waals surface area contributed by atoms with E-state index in [0.29, 0.717) is 12.0 Å². The van der Waals surface area contributed by atoms with Crippen molar-refractivity contribution in [1.29, 1.82) is 0 Å². The molecule has 0 saturated heterocycles. The summed E-state index contributed by atoms with van der Waals surface area (Å²) in [5.41, 5.74) is 10.8. The zero-order chi connectivity index (χ0) is 13.4. The number of hydrogen-bond donors (Lipinski definition) is 1. The number of anilines is 1. The molecule has 0 fully saturated rings. The van der Waals surface area contributed by atoms with Gasteiger partial charge in [-0.2, -0.15) is 11.3 Å². The van der Waals surface area contributed by atoms with Crippen molar-refractivity contribution in [3.63, 3.8) is 0 Å². The largest absolute Gasteiger partial charge is 0.369 e. The first-order chi connectivity index (χ1) is 9.16. The number of rotatable bonds is 3. The summed E-state index contributed by atoms with van der Waals surface area (Å²) in [7, 11) is 0. The van der Waals surface area contributed by atoms with Crippen LogP contribution in [0.25, 0.3) is 11.0 Å². The molecule has 2 aromatic heterocycles. The van der Waals surface area contributed by atoms with Gasteiger partial charge < -0.3 is 10.3 Å². The van der Waals surface area contributed by atoms with Crippen molar-refractivity contribution in [3.05, 3.63) is 46.2 Å². The fourth-order valence-electron chi connectivity index (χ4n) is 2.58. The van der Waals surface area contributed by atoms with Crippen LogP contribution in [0, 0.1) is 6.92 Å². The topological polar surface area (TPSA) is 43.8 Å². The van der Waals surface area contributed by atoms with Crippen molar-refractivity contribution >= 4 is 28.3 Å². The van der Waals surface area contributed by atoms with Crippen molar-refractivity contribution in [2.75, 3.05) is 5.73 Å². The van der Waals surface area contributed by atoms with Gasteiger partial charge in [-0.15, -0.1) is 0 Å². The number of thiophene rings is 1. The van der Waals surface area contributed by atoms with Gasteiger partial charge in [-0.1, -0.05) is 12.1 Å². The summed E-state index contributed by atoms with van der Waals surface area (Å²) in [6.07, 6.45) is 0.979. The third-order valence-corrected chi connectivity index (χ3v) is 4.23. The zero-order valence-electron chi connectivity index (χ0n) is 11.1. The smallest absolute Gasteiger partial charge is 0.201 e. The maximum atomic E-state index is 6.11. The number of para-hydroxylation sites is 1. The summed E-state index contributed by atoms with van der Waals surface area (Å²) < 4.78 is 2.14. The monoisotopic (exact) mass is 271 g/mol. The lowest BCUT2D eigenvalue weighted by atomic mass is 10.1. The summed E-state index contributed by atoms with van der Waals surface area (Å²) in [5, 5.41) is 4.30. The number of aromatic nitrogens is 2. The van der Waals surface area contributed by atoms with Crippen molar-refractivity contribution in [1.82, 2.24) is 9.55 Å². The molecule has 0 radical (unpaired) electrons. The quantitative estimate of drug-likeness (QED) is 0.787. The van der Waals surface area contributed by atoms with Crippen LogP contribution in [0.1, 0.15) is 24.1 Å². The molecule has 0 aliphatic rings. The van der Waals surface area contributed by atoms with Gasteiger partial charge in [0.05, 0.1) is 11.0 Å². The summed E-state index contributed by atoms with van der Waals surface area (Å²) in [5.74, 6) is 0.604. The summed E-state index contributed by atoms with van der Waals surface area (Å²) in [4.78, 5) is 4.51. The van der Waals surface area contributed by atoms with Crippen LogP contribution in [-0.4, -0.2) is 9.55 Å². The molecule has 0 spiro atoms. The van der Waals surface area contributed by atoms with Crippen LogP contribution < -0.4 is 5.73 Å². The van der Waals surface area contributed by atoms with E-state index in [1.165, 1.54) is 11.1 Å². The maximum Gasteiger partial charge on any atom is 0.201 e. The maximum absolute atomic E-state index is 6.11. The Labute approximate surface area is 116 Å². The molecule has 0 bridgehead atoms. The number of nitrogen functional groups attached to an aromatic ring is 1. The molecule has 4 heteroatoms. The number of nitrogens with two attached hydrogens (primary N) is 1. The van der Waals surface area contributed by atoms with E-state index in [1.807, 2.05) is 0 Å². The van der Waals surface area contributed by atoms with Crippen molar-refractivity contribution in [2.24, 2.45) is 0 Å². The predicted octanol–water partition coefficient (Wildman–Crippen LogP) is 3.79. The Morgan fingerprint density at radius 1 is 1.37 bits per heavy atom. The van der Waals surface area contributed by atoms with Gasteiger partial charge in [-0.25, -0.2) is 4.98 Å². The number of imidazole rings is 1. The highest BCUT2D eigenvalue weighted by molar-refractivity contribution is 7.07. The minimum absolute atomic E-state index is 0.307. The molecular weight excluding hydrogens is 254 g/mol. The number of fused-ring (bicyclic) bond motifs is 1.